The van der Waals surface area contributed by atoms with E-state index in [9.17, 15) is 14.7 Å². The van der Waals surface area contributed by atoms with Crippen molar-refractivity contribution in [3.8, 4) is 11.8 Å². The number of carbonyl (C=O) groups excluding carboxylic acids is 1. The Hall–Kier alpha value is -3.33. The lowest BCUT2D eigenvalue weighted by Crippen LogP contribution is -2.43. The highest BCUT2D eigenvalue weighted by molar-refractivity contribution is 6.00. The molecule has 1 atom stereocenters. The maximum atomic E-state index is 12.1. The molecule has 2 aromatic rings. The van der Waals surface area contributed by atoms with Gasteiger partial charge in [-0.15, -0.1) is 0 Å². The second-order valence-electron chi connectivity index (χ2n) is 5.18. The van der Waals surface area contributed by atoms with Crippen LogP contribution < -0.4 is 10.1 Å². The van der Waals surface area contributed by atoms with Crippen molar-refractivity contribution < 1.29 is 19.4 Å². The number of carboxylic acids is 1. The number of carboxylic acid groups (broad SMARTS) is 1. The molecular weight excluding hydrogens is 308 g/mol. The lowest BCUT2D eigenvalue weighted by atomic mass is 10.1. The van der Waals surface area contributed by atoms with E-state index >= 15 is 0 Å². The summed E-state index contributed by atoms with van der Waals surface area (Å²) in [4.78, 5) is 23.4. The van der Waals surface area contributed by atoms with E-state index in [2.05, 4.69) is 5.32 Å². The summed E-state index contributed by atoms with van der Waals surface area (Å²) in [6.07, 6.45) is -1.63. The molecule has 122 valence electrons. The average molecular weight is 324 g/mol. The number of ether oxygens (including phenoxy) is 1. The fourth-order valence-corrected chi connectivity index (χ4v) is 1.95. The fourth-order valence-electron chi connectivity index (χ4n) is 1.95. The summed E-state index contributed by atoms with van der Waals surface area (Å²) in [7, 11) is 0. The monoisotopic (exact) mass is 324 g/mol. The minimum atomic E-state index is -1.63. The van der Waals surface area contributed by atoms with Crippen LogP contribution in [0.4, 0.5) is 0 Å². The fraction of sp³-hybridized carbons (Fsp3) is 0.167. The number of nitrogens with one attached hydrogen (secondary N) is 1. The predicted molar refractivity (Wildman–Crippen MR) is 86.2 cm³/mol. The maximum absolute atomic E-state index is 12.1. The van der Waals surface area contributed by atoms with Crippen LogP contribution in [0.25, 0.3) is 0 Å². The van der Waals surface area contributed by atoms with Crippen LogP contribution in [0.3, 0.4) is 0 Å². The van der Waals surface area contributed by atoms with Crippen LogP contribution in [0, 0.1) is 18.3 Å². The normalized spacial score (nSPS) is 11.2. The van der Waals surface area contributed by atoms with Gasteiger partial charge in [0.05, 0.1) is 11.6 Å². The summed E-state index contributed by atoms with van der Waals surface area (Å²) in [5.74, 6) is -1.80. The Kier molecular flexibility index (Phi) is 5.53. The second kappa shape index (κ2) is 7.79. The summed E-state index contributed by atoms with van der Waals surface area (Å²) in [6.45, 7) is 2.04. The quantitative estimate of drug-likeness (QED) is 0.792. The van der Waals surface area contributed by atoms with E-state index in [1.807, 2.05) is 13.0 Å². The summed E-state index contributed by atoms with van der Waals surface area (Å²) < 4.78 is 5.26. The molecular formula is C18H16N2O4. The molecule has 2 N–H and O–H groups in total. The van der Waals surface area contributed by atoms with E-state index in [1.165, 1.54) is 0 Å². The number of nitrogens with zero attached hydrogens (tertiary/aromatic N) is 1. The van der Waals surface area contributed by atoms with Gasteiger partial charge in [0.1, 0.15) is 5.75 Å². The highest BCUT2D eigenvalue weighted by Crippen LogP contribution is 2.14. The first-order valence-corrected chi connectivity index (χ1v) is 7.22. The summed E-state index contributed by atoms with van der Waals surface area (Å²) in [6, 6.07) is 15.4. The van der Waals surface area contributed by atoms with Gasteiger partial charge in [-0.3, -0.25) is 4.79 Å². The number of benzene rings is 2. The van der Waals surface area contributed by atoms with Gasteiger partial charge in [0.2, 0.25) is 0 Å². The molecule has 6 heteroatoms. The van der Waals surface area contributed by atoms with Gasteiger partial charge in [-0.25, -0.2) is 4.79 Å². The highest BCUT2D eigenvalue weighted by atomic mass is 16.5. The standard InChI is InChI=1S/C18H16N2O4/c1-12-2-8-15(9-3-12)24-16(18(22)23)17(21)20-11-14-6-4-13(10-19)5-7-14/h2-9,16H,11H2,1H3,(H,20,21)(H,22,23). The molecule has 0 radical (unpaired) electrons. The molecule has 6 nitrogen and oxygen atoms in total. The predicted octanol–water partition coefficient (Wildman–Crippen LogP) is 2.02. The first-order chi connectivity index (χ1) is 11.5. The molecule has 1 unspecified atom stereocenters. The zero-order valence-electron chi connectivity index (χ0n) is 13.0. The SMILES string of the molecule is Cc1ccc(OC(C(=O)O)C(=O)NCc2ccc(C#N)cc2)cc1. The molecule has 24 heavy (non-hydrogen) atoms. The third kappa shape index (κ3) is 4.58. The molecule has 2 aromatic carbocycles. The van der Waals surface area contributed by atoms with Crippen LogP contribution in [-0.2, 0) is 16.1 Å². The van der Waals surface area contributed by atoms with Gasteiger partial charge in [0.15, 0.2) is 0 Å². The van der Waals surface area contributed by atoms with Gasteiger partial charge < -0.3 is 15.2 Å². The number of aryl methyl sites for hydroxylation is 1. The van der Waals surface area contributed by atoms with Crippen molar-refractivity contribution in [2.75, 3.05) is 0 Å². The molecule has 0 aliphatic heterocycles. The number of carbonyl (C=O) groups is 2. The Morgan fingerprint density at radius 1 is 1.17 bits per heavy atom. The van der Waals surface area contributed by atoms with Crippen molar-refractivity contribution in [3.05, 3.63) is 65.2 Å². The number of hydrogen-bond donors (Lipinski definition) is 2. The first-order valence-electron chi connectivity index (χ1n) is 7.22. The van der Waals surface area contributed by atoms with Crippen molar-refractivity contribution in [2.24, 2.45) is 0 Å². The summed E-state index contributed by atoms with van der Waals surface area (Å²) >= 11 is 0. The molecule has 0 aliphatic carbocycles. The van der Waals surface area contributed by atoms with Crippen molar-refractivity contribution in [1.29, 1.82) is 5.26 Å². The Labute approximate surface area is 139 Å². The lowest BCUT2D eigenvalue weighted by molar-refractivity contribution is -0.151. The van der Waals surface area contributed by atoms with Crippen LogP contribution in [0.15, 0.2) is 48.5 Å². The summed E-state index contributed by atoms with van der Waals surface area (Å²) in [5, 5.41) is 20.5. The van der Waals surface area contributed by atoms with Crippen LogP contribution in [-0.4, -0.2) is 23.1 Å². The highest BCUT2D eigenvalue weighted by Gasteiger charge is 2.28. The molecule has 0 saturated heterocycles. The van der Waals surface area contributed by atoms with Gasteiger partial charge in [-0.1, -0.05) is 29.8 Å². The molecule has 0 fully saturated rings. The van der Waals surface area contributed by atoms with Gasteiger partial charge in [-0.2, -0.15) is 5.26 Å². The van der Waals surface area contributed by atoms with Crippen molar-refractivity contribution in [3.63, 3.8) is 0 Å². The van der Waals surface area contributed by atoms with Gasteiger partial charge in [-0.05, 0) is 36.8 Å². The maximum Gasteiger partial charge on any atom is 0.354 e. The van der Waals surface area contributed by atoms with Gasteiger partial charge >= 0.3 is 5.97 Å². The second-order valence-corrected chi connectivity index (χ2v) is 5.18. The van der Waals surface area contributed by atoms with E-state index in [1.54, 1.807) is 48.5 Å². The van der Waals surface area contributed by atoms with Gasteiger partial charge in [0.25, 0.3) is 12.0 Å². The zero-order chi connectivity index (χ0) is 17.5. The van der Waals surface area contributed by atoms with E-state index in [-0.39, 0.29) is 6.54 Å². The van der Waals surface area contributed by atoms with Gasteiger partial charge in [0, 0.05) is 6.54 Å². The lowest BCUT2D eigenvalue weighted by Gasteiger charge is -2.15. The molecule has 0 bridgehead atoms. The van der Waals surface area contributed by atoms with E-state index in [0.29, 0.717) is 11.3 Å². The van der Waals surface area contributed by atoms with Crippen molar-refractivity contribution in [2.45, 2.75) is 19.6 Å². The molecule has 0 spiro atoms. The average Bonchev–Trinajstić information content (AvgIpc) is 2.59. The smallest absolute Gasteiger partial charge is 0.354 e. The zero-order valence-corrected chi connectivity index (χ0v) is 13.0. The number of amides is 1. The molecule has 2 rings (SSSR count). The first kappa shape index (κ1) is 17.0. The Bertz CT molecular complexity index is 761. The minimum Gasteiger partial charge on any atom is -0.478 e. The number of rotatable bonds is 6. The third-order valence-electron chi connectivity index (χ3n) is 3.29. The van der Waals surface area contributed by atoms with E-state index in [4.69, 9.17) is 10.00 Å². The van der Waals surface area contributed by atoms with Crippen LogP contribution in [0.1, 0.15) is 16.7 Å². The number of aliphatic carboxylic acids is 1. The van der Waals surface area contributed by atoms with Crippen LogP contribution in [0.5, 0.6) is 5.75 Å². The molecule has 0 aromatic heterocycles. The molecule has 0 saturated carbocycles. The number of nitriles is 1. The summed E-state index contributed by atoms with van der Waals surface area (Å²) in [5.41, 5.74) is 2.26. The van der Waals surface area contributed by atoms with Crippen molar-refractivity contribution >= 4 is 11.9 Å². The van der Waals surface area contributed by atoms with Crippen LogP contribution in [0.2, 0.25) is 0 Å². The van der Waals surface area contributed by atoms with Crippen molar-refractivity contribution in [1.82, 2.24) is 5.32 Å². The molecule has 0 aliphatic rings. The largest absolute Gasteiger partial charge is 0.478 e. The Morgan fingerprint density at radius 2 is 1.79 bits per heavy atom. The van der Waals surface area contributed by atoms with E-state index in [0.717, 1.165) is 11.1 Å². The Morgan fingerprint density at radius 3 is 2.33 bits per heavy atom. The Balaban J connectivity index is 1.99. The molecule has 1 amide bonds. The number of hydrogen-bond acceptors (Lipinski definition) is 4. The topological polar surface area (TPSA) is 99.4 Å². The van der Waals surface area contributed by atoms with E-state index < -0.39 is 18.0 Å². The minimum absolute atomic E-state index is 0.144. The third-order valence-corrected chi connectivity index (χ3v) is 3.29. The molecule has 0 heterocycles. The van der Waals surface area contributed by atoms with Crippen LogP contribution >= 0.6 is 0 Å².